The third-order valence-corrected chi connectivity index (χ3v) is 5.42. The van der Waals surface area contributed by atoms with Gasteiger partial charge in [0, 0.05) is 11.4 Å². The molecule has 1 saturated carbocycles. The molecule has 1 aromatic carbocycles. The lowest BCUT2D eigenvalue weighted by molar-refractivity contribution is -0.134. The number of hydrogen-bond acceptors (Lipinski definition) is 3. The highest BCUT2D eigenvalue weighted by atomic mass is 35.5. The van der Waals surface area contributed by atoms with Gasteiger partial charge in [-0.1, -0.05) is 37.8 Å². The van der Waals surface area contributed by atoms with Gasteiger partial charge in [0.25, 0.3) is 0 Å². The number of nitrogens with zero attached hydrogens (tertiary/aromatic N) is 1. The van der Waals surface area contributed by atoms with Crippen molar-refractivity contribution in [1.29, 1.82) is 0 Å². The first-order chi connectivity index (χ1) is 12.2. The molecule has 0 bridgehead atoms. The molecule has 1 amide bonds. The summed E-state index contributed by atoms with van der Waals surface area (Å²) in [5, 5.41) is 0.986. The number of halogens is 1. The summed E-state index contributed by atoms with van der Waals surface area (Å²) in [5.74, 6) is 1.47. The Kier molecular flexibility index (Phi) is 5.89. The topological polar surface area (TPSA) is 42.7 Å². The molecule has 2 aromatic rings. The van der Waals surface area contributed by atoms with Crippen molar-refractivity contribution in [3.8, 4) is 5.75 Å². The average Bonchev–Trinajstić information content (AvgIpc) is 2.90. The first kappa shape index (κ1) is 18.1. The Morgan fingerprint density at radius 2 is 2.04 bits per heavy atom. The lowest BCUT2D eigenvalue weighted by Gasteiger charge is -2.35. The van der Waals surface area contributed by atoms with E-state index in [1.807, 2.05) is 36.1 Å². The summed E-state index contributed by atoms with van der Waals surface area (Å²) in [6, 6.07) is 7.92. The van der Waals surface area contributed by atoms with Gasteiger partial charge < -0.3 is 14.1 Å². The van der Waals surface area contributed by atoms with E-state index in [9.17, 15) is 4.79 Å². The number of fused-ring (bicyclic) bond motifs is 1. The summed E-state index contributed by atoms with van der Waals surface area (Å²) in [4.78, 5) is 14.6. The second-order valence-corrected chi connectivity index (χ2v) is 7.05. The predicted molar refractivity (Wildman–Crippen MR) is 100 cm³/mol. The molecule has 3 rings (SSSR count). The monoisotopic (exact) mass is 363 g/mol. The van der Waals surface area contributed by atoms with Crippen molar-refractivity contribution in [2.45, 2.75) is 57.5 Å². The fraction of sp³-hybridized carbons (Fsp3) is 0.550. The van der Waals surface area contributed by atoms with Crippen molar-refractivity contribution >= 4 is 28.5 Å². The van der Waals surface area contributed by atoms with Crippen LogP contribution in [0.25, 0.3) is 11.0 Å². The number of carbonyl (C=O) groups is 1. The summed E-state index contributed by atoms with van der Waals surface area (Å²) in [5.41, 5.74) is 0.728. The third-order valence-electron chi connectivity index (χ3n) is 5.20. The Hall–Kier alpha value is -1.68. The minimum atomic E-state index is -0.147. The normalized spacial score (nSPS) is 17.2. The van der Waals surface area contributed by atoms with Crippen molar-refractivity contribution in [3.05, 3.63) is 30.0 Å². The van der Waals surface area contributed by atoms with Crippen molar-refractivity contribution in [2.75, 3.05) is 13.0 Å². The van der Waals surface area contributed by atoms with Crippen LogP contribution in [0.2, 0.25) is 0 Å². The smallest absolute Gasteiger partial charge is 0.238 e. The van der Waals surface area contributed by atoms with E-state index < -0.39 is 0 Å². The number of carbonyl (C=O) groups excluding carboxylic acids is 1. The maximum Gasteiger partial charge on any atom is 0.238 e. The highest BCUT2D eigenvalue weighted by molar-refractivity contribution is 6.27. The van der Waals surface area contributed by atoms with E-state index in [1.165, 1.54) is 12.8 Å². The molecule has 1 aliphatic rings. The fourth-order valence-electron chi connectivity index (χ4n) is 3.90. The molecular formula is C20H26ClNO3. The van der Waals surface area contributed by atoms with Crippen LogP contribution in [0.4, 0.5) is 0 Å². The zero-order valence-corrected chi connectivity index (χ0v) is 15.7. The maximum absolute atomic E-state index is 12.6. The molecule has 0 saturated heterocycles. The first-order valence-electron chi connectivity index (χ1n) is 9.09. The van der Waals surface area contributed by atoms with E-state index in [4.69, 9.17) is 20.8 Å². The van der Waals surface area contributed by atoms with E-state index in [0.29, 0.717) is 5.75 Å². The number of rotatable bonds is 5. The molecule has 1 heterocycles. The summed E-state index contributed by atoms with van der Waals surface area (Å²) in [7, 11) is 1.63. The number of hydrogen-bond donors (Lipinski definition) is 0. The van der Waals surface area contributed by atoms with Crippen LogP contribution in [0.3, 0.4) is 0 Å². The molecular weight excluding hydrogens is 338 g/mol. The van der Waals surface area contributed by atoms with Crippen LogP contribution in [0.1, 0.15) is 57.3 Å². The zero-order valence-electron chi connectivity index (χ0n) is 15.0. The van der Waals surface area contributed by atoms with Gasteiger partial charge in [0.1, 0.15) is 11.6 Å². The van der Waals surface area contributed by atoms with Crippen molar-refractivity contribution in [1.82, 2.24) is 4.90 Å². The molecule has 136 valence electrons. The molecule has 5 heteroatoms. The molecule has 4 nitrogen and oxygen atoms in total. The number of furan rings is 1. The number of ether oxygens (including phenoxy) is 1. The van der Waals surface area contributed by atoms with E-state index in [-0.39, 0.29) is 23.9 Å². The number of alkyl halides is 1. The second kappa shape index (κ2) is 8.13. The van der Waals surface area contributed by atoms with Gasteiger partial charge in [-0.15, -0.1) is 11.6 Å². The summed E-state index contributed by atoms with van der Waals surface area (Å²) in [6.45, 7) is 2.03. The van der Waals surface area contributed by atoms with E-state index in [1.54, 1.807) is 7.11 Å². The minimum absolute atomic E-state index is 0.00435. The zero-order chi connectivity index (χ0) is 17.8. The molecule has 0 spiro atoms. The highest BCUT2D eigenvalue weighted by Gasteiger charge is 2.31. The summed E-state index contributed by atoms with van der Waals surface area (Å²) < 4.78 is 11.5. The molecule has 1 aromatic heterocycles. The van der Waals surface area contributed by atoms with Crippen LogP contribution >= 0.6 is 11.6 Å². The van der Waals surface area contributed by atoms with E-state index in [2.05, 4.69) is 0 Å². The Morgan fingerprint density at radius 3 is 2.68 bits per heavy atom. The van der Waals surface area contributed by atoms with E-state index >= 15 is 0 Å². The quantitative estimate of drug-likeness (QED) is 0.535. The molecule has 0 radical (unpaired) electrons. The molecule has 0 aliphatic heterocycles. The van der Waals surface area contributed by atoms with Gasteiger partial charge in [-0.2, -0.15) is 0 Å². The van der Waals surface area contributed by atoms with Crippen molar-refractivity contribution in [3.63, 3.8) is 0 Å². The fourth-order valence-corrected chi connectivity index (χ4v) is 4.04. The Labute approximate surface area is 154 Å². The number of methoxy groups -OCH3 is 1. The summed E-state index contributed by atoms with van der Waals surface area (Å²) in [6.07, 6.45) is 6.90. The van der Waals surface area contributed by atoms with Gasteiger partial charge in [0.05, 0.1) is 13.2 Å². The molecule has 1 atom stereocenters. The standard InChI is InChI=1S/C20H26ClNO3/c1-14(18-12-15-8-7-11-17(24-2)20(15)25-18)22(19(23)13-21)16-9-5-3-4-6-10-16/h7-8,11-12,14,16H,3-6,9-10,13H2,1-2H3. The lowest BCUT2D eigenvalue weighted by Crippen LogP contribution is -2.42. The largest absolute Gasteiger partial charge is 0.493 e. The van der Waals surface area contributed by atoms with Gasteiger partial charge >= 0.3 is 0 Å². The van der Waals surface area contributed by atoms with Crippen LogP contribution in [-0.2, 0) is 4.79 Å². The van der Waals surface area contributed by atoms with Gasteiger partial charge in [0.2, 0.25) is 5.91 Å². The number of amides is 1. The van der Waals surface area contributed by atoms with Crippen LogP contribution in [0.15, 0.2) is 28.7 Å². The molecule has 1 unspecified atom stereocenters. The lowest BCUT2D eigenvalue weighted by atomic mass is 10.0. The summed E-state index contributed by atoms with van der Waals surface area (Å²) >= 11 is 5.92. The molecule has 25 heavy (non-hydrogen) atoms. The first-order valence-corrected chi connectivity index (χ1v) is 9.62. The second-order valence-electron chi connectivity index (χ2n) is 6.78. The van der Waals surface area contributed by atoms with Crippen LogP contribution in [0.5, 0.6) is 5.75 Å². The van der Waals surface area contributed by atoms with Gasteiger partial charge in [-0.05, 0) is 31.9 Å². The van der Waals surface area contributed by atoms with Crippen molar-refractivity contribution in [2.24, 2.45) is 0 Å². The minimum Gasteiger partial charge on any atom is -0.493 e. The van der Waals surface area contributed by atoms with E-state index in [0.717, 1.165) is 42.4 Å². The van der Waals surface area contributed by atoms with Gasteiger partial charge in [-0.25, -0.2) is 0 Å². The van der Waals surface area contributed by atoms with Crippen molar-refractivity contribution < 1.29 is 13.9 Å². The molecule has 1 fully saturated rings. The predicted octanol–water partition coefficient (Wildman–Crippen LogP) is 5.29. The average molecular weight is 364 g/mol. The highest BCUT2D eigenvalue weighted by Crippen LogP contribution is 2.35. The van der Waals surface area contributed by atoms with Crippen LogP contribution < -0.4 is 4.74 Å². The van der Waals surface area contributed by atoms with Crippen LogP contribution in [0, 0.1) is 0 Å². The van der Waals surface area contributed by atoms with Gasteiger partial charge in [0.15, 0.2) is 11.3 Å². The maximum atomic E-state index is 12.6. The third kappa shape index (κ3) is 3.79. The SMILES string of the molecule is COc1cccc2cc(C(C)N(C(=O)CCl)C3CCCCCC3)oc12. The Morgan fingerprint density at radius 1 is 1.32 bits per heavy atom. The number of para-hydroxylation sites is 1. The van der Waals surface area contributed by atoms with Crippen LogP contribution in [-0.4, -0.2) is 29.8 Å². The number of benzene rings is 1. The Balaban J connectivity index is 1.93. The molecule has 0 N–H and O–H groups in total. The van der Waals surface area contributed by atoms with Gasteiger partial charge in [-0.3, -0.25) is 4.79 Å². The molecule has 1 aliphatic carbocycles. The Bertz CT molecular complexity index is 719.